The highest BCUT2D eigenvalue weighted by Gasteiger charge is 2.18. The quantitative estimate of drug-likeness (QED) is 0.821. The molecule has 0 atom stereocenters. The number of halogens is 2. The normalized spacial score (nSPS) is 13.5. The van der Waals surface area contributed by atoms with Crippen molar-refractivity contribution >= 4 is 35.1 Å². The molecule has 5 nitrogen and oxygen atoms in total. The fourth-order valence-electron chi connectivity index (χ4n) is 1.51. The lowest BCUT2D eigenvalue weighted by Gasteiger charge is -2.08. The van der Waals surface area contributed by atoms with Crippen molar-refractivity contribution in [1.82, 2.24) is 10.6 Å². The molecule has 2 rings (SSSR count). The molecule has 1 heterocycles. The number of nitrogens with one attached hydrogen (secondary N) is 2. The van der Waals surface area contributed by atoms with Gasteiger partial charge in [-0.25, -0.2) is 0 Å². The zero-order valence-corrected chi connectivity index (χ0v) is 10.6. The first-order valence-corrected chi connectivity index (χ1v) is 5.86. The number of hydrogen-bond donors (Lipinski definition) is 2. The molecule has 7 heteroatoms. The molecule has 0 unspecified atom stereocenters. The fourth-order valence-corrected chi connectivity index (χ4v) is 2.16. The topological polar surface area (TPSA) is 77.3 Å². The Bertz CT molecular complexity index is 554. The van der Waals surface area contributed by atoms with E-state index in [1.54, 1.807) is 0 Å². The lowest BCUT2D eigenvalue weighted by molar-refractivity contribution is 0.0976. The molecule has 1 aromatic carbocycles. The zero-order valence-electron chi connectivity index (χ0n) is 9.13. The van der Waals surface area contributed by atoms with E-state index in [1.165, 1.54) is 12.1 Å². The number of guanidine groups is 1. The fraction of sp³-hybridized carbons (Fsp3) is 0.182. The van der Waals surface area contributed by atoms with Crippen LogP contribution in [0.5, 0.6) is 0 Å². The van der Waals surface area contributed by atoms with Gasteiger partial charge in [0.2, 0.25) is 0 Å². The van der Waals surface area contributed by atoms with E-state index in [0.717, 1.165) is 0 Å². The number of amides is 1. The molecule has 92 valence electrons. The number of benzene rings is 1. The van der Waals surface area contributed by atoms with Gasteiger partial charge >= 0.3 is 0 Å². The van der Waals surface area contributed by atoms with Gasteiger partial charge in [0.1, 0.15) is 0 Å². The smallest absolute Gasteiger partial charge is 0.260 e. The average molecular weight is 283 g/mol. The van der Waals surface area contributed by atoms with Crippen LogP contribution in [0.25, 0.3) is 0 Å². The van der Waals surface area contributed by atoms with Crippen LogP contribution in [0.1, 0.15) is 15.9 Å². The lowest BCUT2D eigenvalue weighted by Crippen LogP contribution is -2.38. The molecule has 1 aromatic rings. The molecule has 0 spiro atoms. The highest BCUT2D eigenvalue weighted by molar-refractivity contribution is 6.40. The number of carbonyl (C=O) groups is 1. The Labute approximate surface area is 113 Å². The lowest BCUT2D eigenvalue weighted by atomic mass is 10.1. The van der Waals surface area contributed by atoms with Crippen molar-refractivity contribution in [3.63, 3.8) is 0 Å². The molecule has 2 N–H and O–H groups in total. The Balaban J connectivity index is 2.28. The number of aliphatic imine (C=N–C) groups is 1. The first-order valence-electron chi connectivity index (χ1n) is 5.10. The number of hydrogen-bond acceptors (Lipinski definition) is 4. The van der Waals surface area contributed by atoms with E-state index < -0.39 is 5.91 Å². The van der Waals surface area contributed by atoms with E-state index in [2.05, 4.69) is 15.6 Å². The predicted octanol–water partition coefficient (Wildman–Crippen LogP) is 1.55. The summed E-state index contributed by atoms with van der Waals surface area (Å²) >= 11 is 11.9. The van der Waals surface area contributed by atoms with Crippen LogP contribution in [0.15, 0.2) is 17.1 Å². The third-order valence-electron chi connectivity index (χ3n) is 2.30. The van der Waals surface area contributed by atoms with Gasteiger partial charge in [-0.15, -0.1) is 0 Å². The molecule has 0 radical (unpaired) electrons. The van der Waals surface area contributed by atoms with E-state index in [1.807, 2.05) is 6.07 Å². The van der Waals surface area contributed by atoms with Crippen LogP contribution in [-0.2, 0) is 0 Å². The van der Waals surface area contributed by atoms with Crippen LogP contribution < -0.4 is 10.6 Å². The van der Waals surface area contributed by atoms with Crippen molar-refractivity contribution in [2.75, 3.05) is 13.1 Å². The van der Waals surface area contributed by atoms with Crippen molar-refractivity contribution in [3.8, 4) is 6.07 Å². The van der Waals surface area contributed by atoms with Crippen LogP contribution in [0.2, 0.25) is 10.0 Å². The molecule has 1 aliphatic heterocycles. The summed E-state index contributed by atoms with van der Waals surface area (Å²) in [6.45, 7) is 1.30. The second-order valence-corrected chi connectivity index (χ2v) is 4.35. The molecule has 1 aliphatic rings. The summed E-state index contributed by atoms with van der Waals surface area (Å²) in [5.41, 5.74) is 0.437. The van der Waals surface area contributed by atoms with Gasteiger partial charge in [0.05, 0.1) is 33.8 Å². The third kappa shape index (κ3) is 2.55. The standard InChI is InChI=1S/C11H8Cl2N4O/c12-7-3-6(5-14)4-8(13)9(7)10(18)17-11-15-1-2-16-11/h3-4H,1-2H2,(H2,15,16,17,18). The summed E-state index contributed by atoms with van der Waals surface area (Å²) in [5, 5.41) is 14.5. The number of rotatable bonds is 1. The Morgan fingerprint density at radius 3 is 2.61 bits per heavy atom. The zero-order chi connectivity index (χ0) is 13.1. The molecular formula is C11H8Cl2N4O. The minimum Gasteiger partial charge on any atom is -0.354 e. The van der Waals surface area contributed by atoms with Crippen LogP contribution in [0.4, 0.5) is 0 Å². The maximum Gasteiger partial charge on any atom is 0.260 e. The van der Waals surface area contributed by atoms with Crippen LogP contribution in [0, 0.1) is 11.3 Å². The van der Waals surface area contributed by atoms with Crippen molar-refractivity contribution in [2.45, 2.75) is 0 Å². The second kappa shape index (κ2) is 5.25. The maximum atomic E-state index is 12.0. The van der Waals surface area contributed by atoms with Gasteiger partial charge in [-0.1, -0.05) is 23.2 Å². The molecule has 1 amide bonds. The number of nitrogens with zero attached hydrogens (tertiary/aromatic N) is 2. The average Bonchev–Trinajstić information content (AvgIpc) is 2.80. The van der Waals surface area contributed by atoms with Crippen LogP contribution >= 0.6 is 23.2 Å². The van der Waals surface area contributed by atoms with Gasteiger partial charge in [-0.2, -0.15) is 5.26 Å². The molecule has 0 saturated carbocycles. The first-order chi connectivity index (χ1) is 8.61. The largest absolute Gasteiger partial charge is 0.354 e. The highest BCUT2D eigenvalue weighted by atomic mass is 35.5. The van der Waals surface area contributed by atoms with Gasteiger partial charge in [0, 0.05) is 6.54 Å². The Hall–Kier alpha value is -1.77. The number of carbonyl (C=O) groups excluding carboxylic acids is 1. The summed E-state index contributed by atoms with van der Waals surface area (Å²) in [7, 11) is 0. The minimum atomic E-state index is -0.456. The summed E-state index contributed by atoms with van der Waals surface area (Å²) in [5.74, 6) is -0.0564. The molecule has 0 aromatic heterocycles. The Morgan fingerprint density at radius 1 is 1.44 bits per heavy atom. The maximum absolute atomic E-state index is 12.0. The van der Waals surface area contributed by atoms with E-state index >= 15 is 0 Å². The molecule has 0 saturated heterocycles. The van der Waals surface area contributed by atoms with Crippen molar-refractivity contribution in [3.05, 3.63) is 33.3 Å². The third-order valence-corrected chi connectivity index (χ3v) is 2.90. The van der Waals surface area contributed by atoms with Crippen molar-refractivity contribution in [2.24, 2.45) is 4.99 Å². The van der Waals surface area contributed by atoms with Crippen LogP contribution in [-0.4, -0.2) is 25.0 Å². The van der Waals surface area contributed by atoms with E-state index in [0.29, 0.717) is 24.6 Å². The van der Waals surface area contributed by atoms with Crippen molar-refractivity contribution in [1.29, 1.82) is 5.26 Å². The summed E-state index contributed by atoms with van der Waals surface area (Å²) in [6.07, 6.45) is 0. The SMILES string of the molecule is N#Cc1cc(Cl)c(C(=O)NC2=NCCN2)c(Cl)c1. The van der Waals surface area contributed by atoms with Crippen LogP contribution in [0.3, 0.4) is 0 Å². The Morgan fingerprint density at radius 2 is 2.11 bits per heavy atom. The monoisotopic (exact) mass is 282 g/mol. The minimum absolute atomic E-state index is 0.133. The van der Waals surface area contributed by atoms with Gasteiger partial charge in [-0.05, 0) is 12.1 Å². The molecular weight excluding hydrogens is 275 g/mol. The molecule has 18 heavy (non-hydrogen) atoms. The second-order valence-electron chi connectivity index (χ2n) is 3.54. The summed E-state index contributed by atoms with van der Waals surface area (Å²) < 4.78 is 0. The highest BCUT2D eigenvalue weighted by Crippen LogP contribution is 2.26. The summed E-state index contributed by atoms with van der Waals surface area (Å²) in [4.78, 5) is 16.0. The first kappa shape index (κ1) is 12.7. The summed E-state index contributed by atoms with van der Waals surface area (Å²) in [6, 6.07) is 4.70. The molecule has 0 fully saturated rings. The van der Waals surface area contributed by atoms with Crippen molar-refractivity contribution < 1.29 is 4.79 Å². The Kier molecular flexibility index (Phi) is 3.70. The molecule has 0 bridgehead atoms. The van der Waals surface area contributed by atoms with Gasteiger partial charge in [0.15, 0.2) is 5.96 Å². The van der Waals surface area contributed by atoms with E-state index in [-0.39, 0.29) is 15.6 Å². The predicted molar refractivity (Wildman–Crippen MR) is 68.9 cm³/mol. The van der Waals surface area contributed by atoms with Gasteiger partial charge in [0.25, 0.3) is 5.91 Å². The number of nitriles is 1. The molecule has 0 aliphatic carbocycles. The van der Waals surface area contributed by atoms with E-state index in [4.69, 9.17) is 28.5 Å². The van der Waals surface area contributed by atoms with E-state index in [9.17, 15) is 4.79 Å². The van der Waals surface area contributed by atoms with Gasteiger partial charge < -0.3 is 5.32 Å². The van der Waals surface area contributed by atoms with Gasteiger partial charge in [-0.3, -0.25) is 15.1 Å².